The second kappa shape index (κ2) is 6.13. The number of rotatable bonds is 5. The molecule has 17 heavy (non-hydrogen) atoms. The van der Waals surface area contributed by atoms with Crippen molar-refractivity contribution in [3.05, 3.63) is 34.3 Å². The fraction of sp³-hybridized carbons (Fsp3) is 0.300. The molecule has 0 heterocycles. The van der Waals surface area contributed by atoms with E-state index >= 15 is 0 Å². The number of hydrogen-bond acceptors (Lipinski definition) is 4. The maximum absolute atomic E-state index is 11.4. The van der Waals surface area contributed by atoms with E-state index in [2.05, 4.69) is 25.4 Å². The third kappa shape index (κ3) is 5.29. The summed E-state index contributed by atoms with van der Waals surface area (Å²) in [6, 6.07) is 7.21. The number of esters is 1. The van der Waals surface area contributed by atoms with Crippen molar-refractivity contribution in [3.63, 3.8) is 0 Å². The maximum Gasteiger partial charge on any atom is 0.322 e. The van der Waals surface area contributed by atoms with Gasteiger partial charge in [-0.15, -0.1) is 0 Å². The number of methoxy groups -OCH3 is 1. The zero-order chi connectivity index (χ0) is 12.9. The van der Waals surface area contributed by atoms with Gasteiger partial charge in [0.15, 0.2) is 5.75 Å². The Morgan fingerprint density at radius 1 is 1.47 bits per heavy atom. The van der Waals surface area contributed by atoms with Crippen LogP contribution in [0.3, 0.4) is 0 Å². The van der Waals surface area contributed by atoms with Crippen LogP contribution in [-0.4, -0.2) is 27.2 Å². The number of halogens is 1. The lowest BCUT2D eigenvalue weighted by Gasteiger charge is -2.06. The smallest absolute Gasteiger partial charge is 0.322 e. The third-order valence-electron chi connectivity index (χ3n) is 1.92. The molecule has 0 radical (unpaired) electrons. The molecule has 0 aromatic heterocycles. The number of ether oxygens (including phenoxy) is 1. The molecule has 0 bridgehead atoms. The van der Waals surface area contributed by atoms with Gasteiger partial charge >= 0.3 is 5.97 Å². The summed E-state index contributed by atoms with van der Waals surface area (Å²) in [5, 5.41) is 0. The fourth-order valence-electron chi connectivity index (χ4n) is 1.11. The Morgan fingerprint density at radius 2 is 2.18 bits per heavy atom. The maximum atomic E-state index is 11.4. The lowest BCUT2D eigenvalue weighted by atomic mass is 10.2. The van der Waals surface area contributed by atoms with Gasteiger partial charge in [-0.2, -0.15) is 0 Å². The zero-order valence-corrected chi connectivity index (χ0v) is 11.5. The number of nitrogens with one attached hydrogen (secondary N) is 1. The normalized spacial score (nSPS) is 11.2. The first-order chi connectivity index (χ1) is 7.93. The standard InChI is InChI=1S/C10H12BrNO4S/c1-16-10(13)7-17(14,15)12-6-8-3-2-4-9(11)5-8/h2-5,12H,6-7H2,1H3. The Bertz CT molecular complexity index is 501. The number of benzene rings is 1. The number of carbonyl (C=O) groups excluding carboxylic acids is 1. The molecule has 0 spiro atoms. The number of hydrogen-bond donors (Lipinski definition) is 1. The van der Waals surface area contributed by atoms with Crippen LogP contribution >= 0.6 is 15.9 Å². The van der Waals surface area contributed by atoms with Crippen molar-refractivity contribution in [2.45, 2.75) is 6.54 Å². The summed E-state index contributed by atoms with van der Waals surface area (Å²) < 4.78 is 30.3. The highest BCUT2D eigenvalue weighted by Gasteiger charge is 2.16. The Labute approximate surface area is 108 Å². The van der Waals surface area contributed by atoms with Crippen molar-refractivity contribution < 1.29 is 17.9 Å². The van der Waals surface area contributed by atoms with E-state index in [0.29, 0.717) is 0 Å². The zero-order valence-electron chi connectivity index (χ0n) is 9.14. The topological polar surface area (TPSA) is 72.5 Å². The van der Waals surface area contributed by atoms with Crippen LogP contribution in [-0.2, 0) is 26.1 Å². The Morgan fingerprint density at radius 3 is 2.76 bits per heavy atom. The molecule has 0 amide bonds. The molecule has 0 aliphatic carbocycles. The van der Waals surface area contributed by atoms with Gasteiger partial charge in [0.2, 0.25) is 10.0 Å². The highest BCUT2D eigenvalue weighted by Crippen LogP contribution is 2.11. The highest BCUT2D eigenvalue weighted by molar-refractivity contribution is 9.10. The van der Waals surface area contributed by atoms with Crippen LogP contribution in [0, 0.1) is 0 Å². The van der Waals surface area contributed by atoms with E-state index in [4.69, 9.17) is 0 Å². The molecule has 0 unspecified atom stereocenters. The van der Waals surface area contributed by atoms with Crippen molar-refractivity contribution in [2.75, 3.05) is 12.9 Å². The van der Waals surface area contributed by atoms with Crippen molar-refractivity contribution in [1.82, 2.24) is 4.72 Å². The molecule has 94 valence electrons. The summed E-state index contributed by atoms with van der Waals surface area (Å²) in [5.41, 5.74) is 0.799. The van der Waals surface area contributed by atoms with Gasteiger partial charge in [0.1, 0.15) is 0 Å². The quantitative estimate of drug-likeness (QED) is 0.822. The van der Waals surface area contributed by atoms with Crippen LogP contribution < -0.4 is 4.72 Å². The summed E-state index contributed by atoms with van der Waals surface area (Å²) in [6.07, 6.45) is 0. The van der Waals surface area contributed by atoms with E-state index in [0.717, 1.165) is 17.1 Å². The van der Waals surface area contributed by atoms with Gasteiger partial charge in [-0.25, -0.2) is 13.1 Å². The van der Waals surface area contributed by atoms with Gasteiger partial charge in [0.25, 0.3) is 0 Å². The lowest BCUT2D eigenvalue weighted by molar-refractivity contribution is -0.137. The van der Waals surface area contributed by atoms with E-state index in [1.165, 1.54) is 0 Å². The predicted molar refractivity (Wildman–Crippen MR) is 66.8 cm³/mol. The predicted octanol–water partition coefficient (Wildman–Crippen LogP) is 1.04. The molecule has 0 saturated heterocycles. The second-order valence-corrected chi connectivity index (χ2v) is 6.01. The molecule has 5 nitrogen and oxygen atoms in total. The summed E-state index contributed by atoms with van der Waals surface area (Å²) in [6.45, 7) is 0.138. The molecule has 1 aromatic rings. The lowest BCUT2D eigenvalue weighted by Crippen LogP contribution is -2.30. The van der Waals surface area contributed by atoms with Gasteiger partial charge in [0, 0.05) is 11.0 Å². The molecule has 1 rings (SSSR count). The monoisotopic (exact) mass is 321 g/mol. The van der Waals surface area contributed by atoms with Crippen LogP contribution in [0.25, 0.3) is 0 Å². The average Bonchev–Trinajstić information content (AvgIpc) is 2.26. The molecule has 1 N–H and O–H groups in total. The van der Waals surface area contributed by atoms with E-state index < -0.39 is 21.7 Å². The molecular formula is C10H12BrNO4S. The first kappa shape index (κ1) is 14.1. The van der Waals surface area contributed by atoms with Crippen molar-refractivity contribution in [2.24, 2.45) is 0 Å². The SMILES string of the molecule is COC(=O)CS(=O)(=O)NCc1cccc(Br)c1. The molecule has 0 aliphatic heterocycles. The summed E-state index contributed by atoms with van der Waals surface area (Å²) in [5.74, 6) is -1.45. The van der Waals surface area contributed by atoms with Gasteiger partial charge < -0.3 is 4.74 Å². The minimum atomic E-state index is -3.64. The van der Waals surface area contributed by atoms with E-state index in [1.54, 1.807) is 18.2 Å². The molecule has 0 atom stereocenters. The van der Waals surface area contributed by atoms with E-state index in [1.807, 2.05) is 6.07 Å². The van der Waals surface area contributed by atoms with Gasteiger partial charge in [-0.3, -0.25) is 4.79 Å². The number of sulfonamides is 1. The van der Waals surface area contributed by atoms with Crippen molar-refractivity contribution in [1.29, 1.82) is 0 Å². The van der Waals surface area contributed by atoms with Crippen LogP contribution in [0.15, 0.2) is 28.7 Å². The molecule has 1 aromatic carbocycles. The minimum Gasteiger partial charge on any atom is -0.468 e. The molecule has 0 aliphatic rings. The highest BCUT2D eigenvalue weighted by atomic mass is 79.9. The molecular weight excluding hydrogens is 310 g/mol. The van der Waals surface area contributed by atoms with E-state index in [-0.39, 0.29) is 6.54 Å². The average molecular weight is 322 g/mol. The van der Waals surface area contributed by atoms with Gasteiger partial charge in [-0.1, -0.05) is 28.1 Å². The molecule has 0 fully saturated rings. The Balaban J connectivity index is 2.58. The van der Waals surface area contributed by atoms with Gasteiger partial charge in [0.05, 0.1) is 7.11 Å². The van der Waals surface area contributed by atoms with Crippen LogP contribution in [0.2, 0.25) is 0 Å². The third-order valence-corrected chi connectivity index (χ3v) is 3.61. The summed E-state index contributed by atoms with van der Waals surface area (Å²) in [7, 11) is -2.50. The molecule has 7 heteroatoms. The van der Waals surface area contributed by atoms with Crippen LogP contribution in [0.5, 0.6) is 0 Å². The van der Waals surface area contributed by atoms with Gasteiger partial charge in [-0.05, 0) is 17.7 Å². The van der Waals surface area contributed by atoms with Crippen LogP contribution in [0.4, 0.5) is 0 Å². The largest absolute Gasteiger partial charge is 0.468 e. The van der Waals surface area contributed by atoms with Crippen molar-refractivity contribution >= 4 is 31.9 Å². The Hall–Kier alpha value is -0.920. The number of carbonyl (C=O) groups is 1. The minimum absolute atomic E-state index is 0.138. The first-order valence-electron chi connectivity index (χ1n) is 4.71. The molecule has 0 saturated carbocycles. The first-order valence-corrected chi connectivity index (χ1v) is 7.16. The van der Waals surface area contributed by atoms with Crippen molar-refractivity contribution in [3.8, 4) is 0 Å². The van der Waals surface area contributed by atoms with E-state index in [9.17, 15) is 13.2 Å². The second-order valence-electron chi connectivity index (χ2n) is 3.29. The summed E-state index contributed by atoms with van der Waals surface area (Å²) >= 11 is 3.28. The fourth-order valence-corrected chi connectivity index (χ4v) is 2.47. The summed E-state index contributed by atoms with van der Waals surface area (Å²) in [4.78, 5) is 10.8. The van der Waals surface area contributed by atoms with Crippen LogP contribution in [0.1, 0.15) is 5.56 Å². The Kier molecular flexibility index (Phi) is 5.10.